The first-order chi connectivity index (χ1) is 7.30. The fraction of sp³-hybridized carbons (Fsp3) is 0.417. The number of ketones is 1. The Hall–Kier alpha value is -1.71. The number of rotatable bonds is 2. The van der Waals surface area contributed by atoms with Crippen LogP contribution < -0.4 is 0 Å². The third-order valence-electron chi connectivity index (χ3n) is 2.07. The molecule has 86 valence electrons. The number of aryl methyl sites for hydroxylation is 1. The van der Waals surface area contributed by atoms with Gasteiger partial charge in [-0.3, -0.25) is 4.79 Å². The van der Waals surface area contributed by atoms with Gasteiger partial charge in [-0.2, -0.15) is 0 Å². The van der Waals surface area contributed by atoms with Gasteiger partial charge in [-0.15, -0.1) is 0 Å². The lowest BCUT2D eigenvalue weighted by Crippen LogP contribution is -2.18. The van der Waals surface area contributed by atoms with E-state index >= 15 is 0 Å². The van der Waals surface area contributed by atoms with Crippen molar-refractivity contribution in [2.24, 2.45) is 5.41 Å². The summed E-state index contributed by atoms with van der Waals surface area (Å²) < 4.78 is 0. The van der Waals surface area contributed by atoms with Gasteiger partial charge in [0.25, 0.3) is 0 Å². The van der Waals surface area contributed by atoms with Gasteiger partial charge in [0.2, 0.25) is 0 Å². The Morgan fingerprint density at radius 1 is 1.38 bits per heavy atom. The second-order valence-electron chi connectivity index (χ2n) is 4.69. The minimum Gasteiger partial charge on any atom is -0.506 e. The lowest BCUT2D eigenvalue weighted by atomic mass is 9.90. The summed E-state index contributed by atoms with van der Waals surface area (Å²) in [5, 5.41) is 9.73. The van der Waals surface area contributed by atoms with Crippen LogP contribution in [0.3, 0.4) is 0 Å². The molecule has 0 aliphatic heterocycles. The first kappa shape index (κ1) is 12.4. The molecule has 4 nitrogen and oxygen atoms in total. The summed E-state index contributed by atoms with van der Waals surface area (Å²) in [6.07, 6.45) is 2.57. The smallest absolute Gasteiger partial charge is 0.164 e. The Morgan fingerprint density at radius 3 is 2.50 bits per heavy atom. The molecule has 0 saturated heterocycles. The van der Waals surface area contributed by atoms with Gasteiger partial charge >= 0.3 is 0 Å². The predicted molar refractivity (Wildman–Crippen MR) is 61.8 cm³/mol. The summed E-state index contributed by atoms with van der Waals surface area (Å²) in [4.78, 5) is 19.5. The highest BCUT2D eigenvalue weighted by atomic mass is 16.3. The van der Waals surface area contributed by atoms with Crippen molar-refractivity contribution in [3.8, 4) is 0 Å². The molecule has 16 heavy (non-hydrogen) atoms. The van der Waals surface area contributed by atoms with E-state index in [1.807, 2.05) is 0 Å². The van der Waals surface area contributed by atoms with E-state index in [1.165, 1.54) is 12.4 Å². The Morgan fingerprint density at radius 2 is 2.00 bits per heavy atom. The van der Waals surface area contributed by atoms with Gasteiger partial charge in [0.05, 0.1) is 0 Å². The van der Waals surface area contributed by atoms with Gasteiger partial charge in [0, 0.05) is 17.2 Å². The van der Waals surface area contributed by atoms with Gasteiger partial charge in [-0.1, -0.05) is 20.8 Å². The first-order valence-electron chi connectivity index (χ1n) is 5.05. The summed E-state index contributed by atoms with van der Waals surface area (Å²) >= 11 is 0. The summed E-state index contributed by atoms with van der Waals surface area (Å²) in [5.74, 6) is -0.258. The Kier molecular flexibility index (Phi) is 3.42. The van der Waals surface area contributed by atoms with Gasteiger partial charge in [0.1, 0.15) is 17.8 Å². The summed E-state index contributed by atoms with van der Waals surface area (Å²) in [6, 6.07) is 1.63. The third kappa shape index (κ3) is 3.15. The van der Waals surface area contributed by atoms with Crippen LogP contribution in [-0.2, 0) is 4.79 Å². The van der Waals surface area contributed by atoms with E-state index in [0.717, 1.165) is 5.69 Å². The molecule has 0 saturated carbocycles. The van der Waals surface area contributed by atoms with Crippen molar-refractivity contribution in [3.63, 3.8) is 0 Å². The van der Waals surface area contributed by atoms with Crippen molar-refractivity contribution in [1.29, 1.82) is 0 Å². The monoisotopic (exact) mass is 220 g/mol. The molecule has 0 spiro atoms. The first-order valence-corrected chi connectivity index (χ1v) is 5.05. The number of hydrogen-bond donors (Lipinski definition) is 1. The van der Waals surface area contributed by atoms with Gasteiger partial charge < -0.3 is 5.11 Å². The zero-order chi connectivity index (χ0) is 12.3. The maximum atomic E-state index is 11.7. The van der Waals surface area contributed by atoms with Crippen molar-refractivity contribution in [2.75, 3.05) is 0 Å². The summed E-state index contributed by atoms with van der Waals surface area (Å²) in [7, 11) is 0. The highest BCUT2D eigenvalue weighted by Crippen LogP contribution is 2.18. The summed E-state index contributed by atoms with van der Waals surface area (Å²) in [5.41, 5.74) is 0.606. The zero-order valence-corrected chi connectivity index (χ0v) is 9.98. The van der Waals surface area contributed by atoms with Crippen LogP contribution in [0.2, 0.25) is 0 Å². The molecule has 1 heterocycles. The van der Waals surface area contributed by atoms with Crippen molar-refractivity contribution in [1.82, 2.24) is 9.97 Å². The van der Waals surface area contributed by atoms with Gasteiger partial charge in [-0.05, 0) is 13.0 Å². The fourth-order valence-electron chi connectivity index (χ4n) is 1.01. The molecule has 0 fully saturated rings. The van der Waals surface area contributed by atoms with E-state index < -0.39 is 5.41 Å². The van der Waals surface area contributed by atoms with E-state index in [9.17, 15) is 9.90 Å². The molecular formula is C12H16N2O2. The largest absolute Gasteiger partial charge is 0.506 e. The van der Waals surface area contributed by atoms with Crippen molar-refractivity contribution in [3.05, 3.63) is 29.9 Å². The Bertz CT molecular complexity index is 431. The molecule has 1 aromatic heterocycles. The molecular weight excluding hydrogens is 204 g/mol. The van der Waals surface area contributed by atoms with Crippen LogP contribution in [-0.4, -0.2) is 20.9 Å². The number of aliphatic hydroxyl groups is 1. The quantitative estimate of drug-likeness (QED) is 0.613. The number of nitrogens with zero attached hydrogens (tertiary/aromatic N) is 2. The molecule has 0 aliphatic carbocycles. The van der Waals surface area contributed by atoms with Crippen molar-refractivity contribution in [2.45, 2.75) is 27.7 Å². The third-order valence-corrected chi connectivity index (χ3v) is 2.07. The number of aromatic nitrogens is 2. The fourth-order valence-corrected chi connectivity index (χ4v) is 1.01. The van der Waals surface area contributed by atoms with E-state index in [4.69, 9.17) is 0 Å². The number of allylic oxidation sites excluding steroid dienone is 1. The molecule has 0 radical (unpaired) electrons. The van der Waals surface area contributed by atoms with Crippen LogP contribution in [0, 0.1) is 12.3 Å². The second-order valence-corrected chi connectivity index (χ2v) is 4.69. The standard InChI is InChI=1S/C12H16N2O2/c1-8-5-9(14-7-13-8)10(15)6-11(16)12(2,3)4/h5-7,15H,1-4H3. The highest BCUT2D eigenvalue weighted by molar-refractivity contribution is 5.98. The van der Waals surface area contributed by atoms with Crippen LogP contribution >= 0.6 is 0 Å². The Labute approximate surface area is 95.1 Å². The lowest BCUT2D eigenvalue weighted by Gasteiger charge is -2.13. The predicted octanol–water partition coefficient (Wildman–Crippen LogP) is 2.30. The van der Waals surface area contributed by atoms with Gasteiger partial charge in [-0.25, -0.2) is 9.97 Å². The molecule has 0 aromatic carbocycles. The van der Waals surface area contributed by atoms with E-state index in [0.29, 0.717) is 5.69 Å². The maximum absolute atomic E-state index is 11.7. The topological polar surface area (TPSA) is 63.1 Å². The average Bonchev–Trinajstić information content (AvgIpc) is 2.16. The highest BCUT2D eigenvalue weighted by Gasteiger charge is 2.20. The number of carbonyl (C=O) groups is 1. The van der Waals surface area contributed by atoms with Gasteiger partial charge in [0.15, 0.2) is 5.78 Å². The van der Waals surface area contributed by atoms with Crippen LogP contribution in [0.15, 0.2) is 18.5 Å². The van der Waals surface area contributed by atoms with Crippen LogP contribution in [0.1, 0.15) is 32.2 Å². The SMILES string of the molecule is Cc1cc(C(O)=CC(=O)C(C)(C)C)ncn1. The molecule has 4 heteroatoms. The Balaban J connectivity index is 2.99. The molecule has 1 N–H and O–H groups in total. The minimum atomic E-state index is -0.504. The number of aliphatic hydroxyl groups excluding tert-OH is 1. The number of carbonyl (C=O) groups excluding carboxylic acids is 1. The zero-order valence-electron chi connectivity index (χ0n) is 9.98. The van der Waals surface area contributed by atoms with E-state index in [-0.39, 0.29) is 11.5 Å². The van der Waals surface area contributed by atoms with E-state index in [2.05, 4.69) is 9.97 Å². The molecule has 1 aromatic rings. The normalized spacial score (nSPS) is 12.6. The molecule has 1 rings (SSSR count). The molecule has 0 unspecified atom stereocenters. The second kappa shape index (κ2) is 4.43. The molecule has 0 atom stereocenters. The number of hydrogen-bond acceptors (Lipinski definition) is 4. The van der Waals surface area contributed by atoms with Crippen molar-refractivity contribution >= 4 is 11.5 Å². The molecule has 0 bridgehead atoms. The average molecular weight is 220 g/mol. The van der Waals surface area contributed by atoms with Crippen LogP contribution in [0.5, 0.6) is 0 Å². The molecule has 0 aliphatic rings. The van der Waals surface area contributed by atoms with E-state index in [1.54, 1.807) is 33.8 Å². The molecule has 0 amide bonds. The minimum absolute atomic E-state index is 0.120. The maximum Gasteiger partial charge on any atom is 0.164 e. The van der Waals surface area contributed by atoms with Crippen molar-refractivity contribution < 1.29 is 9.90 Å². The lowest BCUT2D eigenvalue weighted by molar-refractivity contribution is -0.121. The van der Waals surface area contributed by atoms with Crippen LogP contribution in [0.4, 0.5) is 0 Å². The summed E-state index contributed by atoms with van der Waals surface area (Å²) in [6.45, 7) is 7.18. The van der Waals surface area contributed by atoms with Crippen LogP contribution in [0.25, 0.3) is 5.76 Å².